The molecule has 1 atom stereocenters. The van der Waals surface area contributed by atoms with Gasteiger partial charge in [-0.3, -0.25) is 10.3 Å². The molecule has 1 unspecified atom stereocenters. The molecule has 0 fully saturated rings. The van der Waals surface area contributed by atoms with E-state index in [0.29, 0.717) is 11.6 Å². The number of nitrogens with zero attached hydrogens (tertiary/aromatic N) is 2. The smallest absolute Gasteiger partial charge is 0.320 e. The number of amides is 2. The zero-order chi connectivity index (χ0) is 13.0. The van der Waals surface area contributed by atoms with Gasteiger partial charge in [-0.2, -0.15) is 0 Å². The molecule has 0 radical (unpaired) electrons. The van der Waals surface area contributed by atoms with Gasteiger partial charge in [0.15, 0.2) is 5.82 Å². The molecule has 0 aliphatic carbocycles. The largest absolute Gasteiger partial charge is 0.360 e. The van der Waals surface area contributed by atoms with Crippen molar-refractivity contribution in [1.82, 2.24) is 15.5 Å². The number of carbonyl (C=O) groups is 1. The SMILES string of the molecule is Cc1cc(NC(=O)NC(C)c2ccncc2)no1. The molecule has 0 saturated heterocycles. The number of carbonyl (C=O) groups excluding carboxylic acids is 1. The molecule has 0 spiro atoms. The second-order valence-electron chi connectivity index (χ2n) is 3.92. The molecule has 0 aliphatic heterocycles. The van der Waals surface area contributed by atoms with Crippen molar-refractivity contribution >= 4 is 11.8 Å². The number of hydrogen-bond donors (Lipinski definition) is 2. The first-order valence-electron chi connectivity index (χ1n) is 5.56. The van der Waals surface area contributed by atoms with Crippen LogP contribution in [0.5, 0.6) is 0 Å². The molecule has 6 heteroatoms. The summed E-state index contributed by atoms with van der Waals surface area (Å²) in [5.74, 6) is 1.04. The van der Waals surface area contributed by atoms with Crippen LogP contribution in [0.3, 0.4) is 0 Å². The van der Waals surface area contributed by atoms with E-state index >= 15 is 0 Å². The van der Waals surface area contributed by atoms with Crippen LogP contribution < -0.4 is 10.6 Å². The first kappa shape index (κ1) is 12.1. The van der Waals surface area contributed by atoms with E-state index in [-0.39, 0.29) is 12.1 Å². The van der Waals surface area contributed by atoms with Crippen LogP contribution in [0.4, 0.5) is 10.6 Å². The molecule has 2 N–H and O–H groups in total. The van der Waals surface area contributed by atoms with Crippen LogP contribution in [0.1, 0.15) is 24.3 Å². The number of pyridine rings is 1. The predicted molar refractivity (Wildman–Crippen MR) is 66.0 cm³/mol. The van der Waals surface area contributed by atoms with Crippen molar-refractivity contribution in [3.05, 3.63) is 41.9 Å². The number of urea groups is 1. The Morgan fingerprint density at radius 2 is 2.11 bits per heavy atom. The lowest BCUT2D eigenvalue weighted by molar-refractivity contribution is 0.249. The third-order valence-electron chi connectivity index (χ3n) is 2.42. The third-order valence-corrected chi connectivity index (χ3v) is 2.42. The predicted octanol–water partition coefficient (Wildman–Crippen LogP) is 2.26. The molecule has 2 amide bonds. The van der Waals surface area contributed by atoms with E-state index in [1.807, 2.05) is 19.1 Å². The average Bonchev–Trinajstić information content (AvgIpc) is 2.75. The summed E-state index contributed by atoms with van der Waals surface area (Å²) in [6, 6.07) is 4.92. The standard InChI is InChI=1S/C12H14N4O2/c1-8-7-11(16-18-8)15-12(17)14-9(2)10-3-5-13-6-4-10/h3-7,9H,1-2H3,(H2,14,15,16,17). The third kappa shape index (κ3) is 3.07. The summed E-state index contributed by atoms with van der Waals surface area (Å²) >= 11 is 0. The van der Waals surface area contributed by atoms with Gasteiger partial charge in [0.05, 0.1) is 6.04 Å². The minimum atomic E-state index is -0.326. The Bertz CT molecular complexity index is 524. The number of nitrogens with one attached hydrogen (secondary N) is 2. The minimum Gasteiger partial charge on any atom is -0.360 e. The quantitative estimate of drug-likeness (QED) is 0.870. The summed E-state index contributed by atoms with van der Waals surface area (Å²) < 4.78 is 4.85. The molecular formula is C12H14N4O2. The highest BCUT2D eigenvalue weighted by Gasteiger charge is 2.10. The van der Waals surface area contributed by atoms with E-state index in [4.69, 9.17) is 4.52 Å². The normalized spacial score (nSPS) is 11.9. The number of anilines is 1. The Labute approximate surface area is 104 Å². The van der Waals surface area contributed by atoms with Crippen LogP contribution in [0.25, 0.3) is 0 Å². The topological polar surface area (TPSA) is 80.0 Å². The zero-order valence-corrected chi connectivity index (χ0v) is 10.2. The summed E-state index contributed by atoms with van der Waals surface area (Å²) in [7, 11) is 0. The molecule has 0 bridgehead atoms. The van der Waals surface area contributed by atoms with E-state index in [0.717, 1.165) is 5.56 Å². The van der Waals surface area contributed by atoms with Crippen molar-refractivity contribution in [2.75, 3.05) is 5.32 Å². The van der Waals surface area contributed by atoms with Crippen LogP contribution in [0.2, 0.25) is 0 Å². The fourth-order valence-corrected chi connectivity index (χ4v) is 1.51. The molecule has 0 aromatic carbocycles. The molecule has 18 heavy (non-hydrogen) atoms. The number of rotatable bonds is 3. The van der Waals surface area contributed by atoms with E-state index < -0.39 is 0 Å². The molecule has 0 saturated carbocycles. The van der Waals surface area contributed by atoms with Gasteiger partial charge in [-0.25, -0.2) is 4.79 Å². The van der Waals surface area contributed by atoms with Gasteiger partial charge in [-0.15, -0.1) is 0 Å². The summed E-state index contributed by atoms with van der Waals surface area (Å²) in [6.45, 7) is 3.65. The van der Waals surface area contributed by atoms with Crippen LogP contribution in [-0.4, -0.2) is 16.2 Å². The molecule has 6 nitrogen and oxygen atoms in total. The highest BCUT2D eigenvalue weighted by atomic mass is 16.5. The van der Waals surface area contributed by atoms with Crippen LogP contribution >= 0.6 is 0 Å². The second-order valence-corrected chi connectivity index (χ2v) is 3.92. The molecule has 2 aromatic rings. The van der Waals surface area contributed by atoms with E-state index in [2.05, 4.69) is 20.8 Å². The number of hydrogen-bond acceptors (Lipinski definition) is 4. The van der Waals surface area contributed by atoms with Gasteiger partial charge < -0.3 is 9.84 Å². The lowest BCUT2D eigenvalue weighted by Crippen LogP contribution is -2.31. The summed E-state index contributed by atoms with van der Waals surface area (Å²) in [4.78, 5) is 15.6. The first-order valence-corrected chi connectivity index (χ1v) is 5.56. The van der Waals surface area contributed by atoms with Crippen LogP contribution in [-0.2, 0) is 0 Å². The van der Waals surface area contributed by atoms with Crippen molar-refractivity contribution in [3.8, 4) is 0 Å². The average molecular weight is 246 g/mol. The maximum absolute atomic E-state index is 11.7. The van der Waals surface area contributed by atoms with Gasteiger partial charge in [-0.1, -0.05) is 5.16 Å². The van der Waals surface area contributed by atoms with Gasteiger partial charge in [-0.05, 0) is 31.5 Å². The van der Waals surface area contributed by atoms with Crippen molar-refractivity contribution < 1.29 is 9.32 Å². The van der Waals surface area contributed by atoms with Crippen molar-refractivity contribution in [3.63, 3.8) is 0 Å². The molecule has 2 heterocycles. The minimum absolute atomic E-state index is 0.110. The Hall–Kier alpha value is -2.37. The van der Waals surface area contributed by atoms with Crippen molar-refractivity contribution in [2.45, 2.75) is 19.9 Å². The van der Waals surface area contributed by atoms with E-state index in [9.17, 15) is 4.79 Å². The van der Waals surface area contributed by atoms with E-state index in [1.165, 1.54) is 0 Å². The molecular weight excluding hydrogens is 232 g/mol. The lowest BCUT2D eigenvalue weighted by atomic mass is 10.1. The molecule has 2 aromatic heterocycles. The van der Waals surface area contributed by atoms with Crippen molar-refractivity contribution in [1.29, 1.82) is 0 Å². The Kier molecular flexibility index (Phi) is 3.57. The van der Waals surface area contributed by atoms with Gasteiger partial charge in [0.2, 0.25) is 0 Å². The molecule has 94 valence electrons. The summed E-state index contributed by atoms with van der Waals surface area (Å²) in [5.41, 5.74) is 0.983. The fourth-order valence-electron chi connectivity index (χ4n) is 1.51. The van der Waals surface area contributed by atoms with Gasteiger partial charge in [0.25, 0.3) is 0 Å². The lowest BCUT2D eigenvalue weighted by Gasteiger charge is -2.13. The highest BCUT2D eigenvalue weighted by Crippen LogP contribution is 2.11. The monoisotopic (exact) mass is 246 g/mol. The Morgan fingerprint density at radius 3 is 2.72 bits per heavy atom. The van der Waals surface area contributed by atoms with E-state index in [1.54, 1.807) is 25.4 Å². The summed E-state index contributed by atoms with van der Waals surface area (Å²) in [5, 5.41) is 9.07. The van der Waals surface area contributed by atoms with Gasteiger partial charge in [0, 0.05) is 18.5 Å². The molecule has 0 aliphatic rings. The number of aryl methyl sites for hydroxylation is 1. The van der Waals surface area contributed by atoms with Crippen LogP contribution in [0.15, 0.2) is 35.1 Å². The zero-order valence-electron chi connectivity index (χ0n) is 10.2. The van der Waals surface area contributed by atoms with Gasteiger partial charge >= 0.3 is 6.03 Å². The maximum Gasteiger partial charge on any atom is 0.320 e. The molecule has 2 rings (SSSR count). The highest BCUT2D eigenvalue weighted by molar-refractivity contribution is 5.88. The van der Waals surface area contributed by atoms with Crippen molar-refractivity contribution in [2.24, 2.45) is 0 Å². The number of aromatic nitrogens is 2. The fraction of sp³-hybridized carbons (Fsp3) is 0.250. The second kappa shape index (κ2) is 5.31. The first-order chi connectivity index (χ1) is 8.65. The Balaban J connectivity index is 1.92. The summed E-state index contributed by atoms with van der Waals surface area (Å²) in [6.07, 6.45) is 3.37. The van der Waals surface area contributed by atoms with Crippen LogP contribution in [0, 0.1) is 6.92 Å². The maximum atomic E-state index is 11.7. The Morgan fingerprint density at radius 1 is 1.39 bits per heavy atom. The van der Waals surface area contributed by atoms with Gasteiger partial charge in [0.1, 0.15) is 5.76 Å².